The van der Waals surface area contributed by atoms with Crippen LogP contribution in [0.4, 0.5) is 0 Å². The van der Waals surface area contributed by atoms with E-state index in [-0.39, 0.29) is 18.1 Å². The summed E-state index contributed by atoms with van der Waals surface area (Å²) < 4.78 is 17.1. The van der Waals surface area contributed by atoms with E-state index in [2.05, 4.69) is 17.1 Å². The molecule has 1 saturated carbocycles. The predicted molar refractivity (Wildman–Crippen MR) is 86.3 cm³/mol. The van der Waals surface area contributed by atoms with Crippen LogP contribution < -0.4 is 0 Å². The Labute approximate surface area is 142 Å². The quantitative estimate of drug-likeness (QED) is 0.839. The molecule has 2 aliphatic rings. The number of carbonyl (C=O) groups excluding carboxylic acids is 1. The fourth-order valence-corrected chi connectivity index (χ4v) is 3.60. The molecule has 1 amide bonds. The van der Waals surface area contributed by atoms with Gasteiger partial charge in [-0.05, 0) is 25.7 Å². The summed E-state index contributed by atoms with van der Waals surface area (Å²) in [5.74, 6) is 1.56. The lowest BCUT2D eigenvalue weighted by atomic mass is 9.88. The van der Waals surface area contributed by atoms with E-state index in [1.54, 1.807) is 11.8 Å². The lowest BCUT2D eigenvalue weighted by Gasteiger charge is -2.36. The summed E-state index contributed by atoms with van der Waals surface area (Å²) in [5, 5.41) is 7.92. The summed E-state index contributed by atoms with van der Waals surface area (Å²) in [7, 11) is 0. The molecular formula is C17H27N3O4. The zero-order valence-electron chi connectivity index (χ0n) is 14.7. The Morgan fingerprint density at radius 2 is 2.21 bits per heavy atom. The van der Waals surface area contributed by atoms with Crippen molar-refractivity contribution in [1.82, 2.24) is 15.1 Å². The minimum absolute atomic E-state index is 0.0302. The minimum atomic E-state index is -0.468. The van der Waals surface area contributed by atoms with Crippen LogP contribution in [0, 0.1) is 12.8 Å². The number of carbonyl (C=O) groups is 1. The molecule has 0 N–H and O–H groups in total. The molecule has 0 radical (unpaired) electrons. The first-order valence-corrected chi connectivity index (χ1v) is 8.88. The van der Waals surface area contributed by atoms with Gasteiger partial charge in [0.05, 0.1) is 19.3 Å². The number of aromatic nitrogens is 2. The number of hydrogen-bond donors (Lipinski definition) is 0. The normalized spacial score (nSPS) is 29.5. The molecule has 4 atom stereocenters. The van der Waals surface area contributed by atoms with Crippen molar-refractivity contribution in [3.05, 3.63) is 11.8 Å². The zero-order valence-corrected chi connectivity index (χ0v) is 14.7. The number of ether oxygens (including phenoxy) is 2. The van der Waals surface area contributed by atoms with Gasteiger partial charge in [-0.25, -0.2) is 0 Å². The van der Waals surface area contributed by atoms with Gasteiger partial charge in [0.2, 0.25) is 11.8 Å². The van der Waals surface area contributed by atoms with Crippen molar-refractivity contribution in [2.24, 2.45) is 5.92 Å². The fraction of sp³-hybridized carbons (Fsp3) is 0.824. The number of nitrogens with zero attached hydrogens (tertiary/aromatic N) is 3. The summed E-state index contributed by atoms with van der Waals surface area (Å²) in [6.45, 7) is 7.23. The Morgan fingerprint density at radius 1 is 1.38 bits per heavy atom. The van der Waals surface area contributed by atoms with Crippen molar-refractivity contribution in [3.8, 4) is 0 Å². The van der Waals surface area contributed by atoms with Gasteiger partial charge in [0.1, 0.15) is 12.1 Å². The van der Waals surface area contributed by atoms with Crippen LogP contribution in [0.1, 0.15) is 57.4 Å². The smallest absolute Gasteiger partial charge is 0.252 e. The molecule has 1 aliphatic heterocycles. The number of aryl methyl sites for hydroxylation is 1. The fourth-order valence-electron chi connectivity index (χ4n) is 3.60. The Balaban J connectivity index is 1.64. The monoisotopic (exact) mass is 337 g/mol. The summed E-state index contributed by atoms with van der Waals surface area (Å²) in [4.78, 5) is 14.7. The Morgan fingerprint density at radius 3 is 2.92 bits per heavy atom. The molecule has 24 heavy (non-hydrogen) atoms. The first kappa shape index (κ1) is 17.4. The second-order valence-electron chi connectivity index (χ2n) is 6.95. The molecule has 1 aromatic heterocycles. The van der Waals surface area contributed by atoms with Crippen LogP contribution >= 0.6 is 0 Å². The van der Waals surface area contributed by atoms with Gasteiger partial charge in [-0.1, -0.05) is 19.8 Å². The van der Waals surface area contributed by atoms with Crippen LogP contribution in [0.3, 0.4) is 0 Å². The average molecular weight is 337 g/mol. The third-order valence-corrected chi connectivity index (χ3v) is 4.87. The summed E-state index contributed by atoms with van der Waals surface area (Å²) in [6.07, 6.45) is 4.21. The van der Waals surface area contributed by atoms with Gasteiger partial charge in [0.25, 0.3) is 5.91 Å². The molecule has 1 saturated heterocycles. The summed E-state index contributed by atoms with van der Waals surface area (Å²) >= 11 is 0. The Bertz CT molecular complexity index is 562. The van der Waals surface area contributed by atoms with E-state index in [1.807, 2.05) is 6.92 Å². The highest BCUT2D eigenvalue weighted by Crippen LogP contribution is 2.28. The van der Waals surface area contributed by atoms with Crippen LogP contribution in [0.2, 0.25) is 0 Å². The molecule has 2 fully saturated rings. The lowest BCUT2D eigenvalue weighted by Crippen LogP contribution is -2.48. The topological polar surface area (TPSA) is 77.7 Å². The largest absolute Gasteiger partial charge is 0.423 e. The van der Waals surface area contributed by atoms with Gasteiger partial charge in [-0.15, -0.1) is 10.2 Å². The van der Waals surface area contributed by atoms with Crippen molar-refractivity contribution in [2.45, 2.75) is 64.7 Å². The van der Waals surface area contributed by atoms with Crippen LogP contribution in [-0.2, 0) is 14.3 Å². The molecule has 1 aromatic rings. The highest BCUT2D eigenvalue weighted by Gasteiger charge is 2.36. The first-order chi connectivity index (χ1) is 11.5. The number of hydrogen-bond acceptors (Lipinski definition) is 6. The van der Waals surface area contributed by atoms with Crippen molar-refractivity contribution in [3.63, 3.8) is 0 Å². The van der Waals surface area contributed by atoms with Crippen LogP contribution in [-0.4, -0.2) is 53.0 Å². The summed E-state index contributed by atoms with van der Waals surface area (Å²) in [6, 6.07) is -0.330. The van der Waals surface area contributed by atoms with Crippen LogP contribution in [0.5, 0.6) is 0 Å². The number of amides is 1. The molecule has 0 spiro atoms. The van der Waals surface area contributed by atoms with Gasteiger partial charge < -0.3 is 18.8 Å². The van der Waals surface area contributed by atoms with Crippen LogP contribution in [0.25, 0.3) is 0 Å². The molecule has 0 unspecified atom stereocenters. The third-order valence-electron chi connectivity index (χ3n) is 4.87. The number of rotatable bonds is 4. The van der Waals surface area contributed by atoms with E-state index in [1.165, 1.54) is 12.8 Å². The van der Waals surface area contributed by atoms with E-state index in [0.717, 1.165) is 12.8 Å². The van der Waals surface area contributed by atoms with E-state index in [4.69, 9.17) is 13.9 Å². The van der Waals surface area contributed by atoms with E-state index < -0.39 is 6.10 Å². The molecular weight excluding hydrogens is 310 g/mol. The Hall–Kier alpha value is -1.47. The van der Waals surface area contributed by atoms with Gasteiger partial charge >= 0.3 is 0 Å². The SMILES string of the molecule is Cc1nnc([C@@H]2COCCN2C(=O)[C@H](C)O[C@H]2CCC[C@@H](C)C2)o1. The van der Waals surface area contributed by atoms with Crippen molar-refractivity contribution in [1.29, 1.82) is 0 Å². The average Bonchev–Trinajstić information content (AvgIpc) is 3.00. The maximum absolute atomic E-state index is 12.9. The highest BCUT2D eigenvalue weighted by molar-refractivity contribution is 5.81. The second-order valence-corrected chi connectivity index (χ2v) is 6.95. The predicted octanol–water partition coefficient (Wildman–Crippen LogP) is 2.26. The van der Waals surface area contributed by atoms with Gasteiger partial charge in [-0.2, -0.15) is 0 Å². The third kappa shape index (κ3) is 3.95. The molecule has 1 aliphatic carbocycles. The van der Waals surface area contributed by atoms with E-state index in [9.17, 15) is 4.79 Å². The molecule has 7 nitrogen and oxygen atoms in total. The van der Waals surface area contributed by atoms with E-state index >= 15 is 0 Å². The standard InChI is InChI=1S/C17H27N3O4/c1-11-5-4-6-14(9-11)23-12(2)17(21)20-7-8-22-10-15(20)16-19-18-13(3)24-16/h11-12,14-15H,4-10H2,1-3H3/t11-,12+,14+,15+/m1/s1. The Kier molecular flexibility index (Phi) is 5.50. The lowest BCUT2D eigenvalue weighted by molar-refractivity contribution is -0.157. The van der Waals surface area contributed by atoms with Gasteiger partial charge in [0, 0.05) is 13.5 Å². The molecule has 134 valence electrons. The molecule has 0 aromatic carbocycles. The molecule has 7 heteroatoms. The first-order valence-electron chi connectivity index (χ1n) is 8.88. The van der Waals surface area contributed by atoms with E-state index in [0.29, 0.717) is 37.5 Å². The molecule has 3 rings (SSSR count). The van der Waals surface area contributed by atoms with Gasteiger partial charge in [0.15, 0.2) is 0 Å². The zero-order chi connectivity index (χ0) is 17.1. The highest BCUT2D eigenvalue weighted by atomic mass is 16.5. The number of morpholine rings is 1. The van der Waals surface area contributed by atoms with Crippen molar-refractivity contribution < 1.29 is 18.7 Å². The maximum atomic E-state index is 12.9. The minimum Gasteiger partial charge on any atom is -0.423 e. The second kappa shape index (κ2) is 7.61. The molecule has 2 heterocycles. The molecule has 0 bridgehead atoms. The van der Waals surface area contributed by atoms with Crippen LogP contribution in [0.15, 0.2) is 4.42 Å². The van der Waals surface area contributed by atoms with Crippen molar-refractivity contribution in [2.75, 3.05) is 19.8 Å². The maximum Gasteiger partial charge on any atom is 0.252 e. The summed E-state index contributed by atoms with van der Waals surface area (Å²) in [5.41, 5.74) is 0. The van der Waals surface area contributed by atoms with Gasteiger partial charge in [-0.3, -0.25) is 4.79 Å². The van der Waals surface area contributed by atoms with Crippen molar-refractivity contribution >= 4 is 5.91 Å².